The molecule has 0 heterocycles. The highest BCUT2D eigenvalue weighted by atomic mass is 35.5. The van der Waals surface area contributed by atoms with Gasteiger partial charge in [-0.3, -0.25) is 9.10 Å². The van der Waals surface area contributed by atoms with E-state index in [4.69, 9.17) is 23.2 Å². The maximum atomic E-state index is 12.2. The molecule has 0 unspecified atom stereocenters. The molecule has 0 fully saturated rings. The summed E-state index contributed by atoms with van der Waals surface area (Å²) in [6, 6.07) is 12.0. The van der Waals surface area contributed by atoms with E-state index in [2.05, 4.69) is 5.32 Å². The number of nitrogens with zero attached hydrogens (tertiary/aromatic N) is 1. The molecule has 2 aromatic rings. The fraction of sp³-hybridized carbons (Fsp3) is 0.235. The van der Waals surface area contributed by atoms with Crippen molar-refractivity contribution in [2.24, 2.45) is 0 Å². The van der Waals surface area contributed by atoms with Crippen LogP contribution in [0.15, 0.2) is 47.4 Å². The minimum Gasteiger partial charge on any atom is -0.351 e. The number of benzene rings is 2. The normalized spacial score (nSPS) is 11.2. The van der Waals surface area contributed by atoms with Crippen LogP contribution in [0.4, 0.5) is 5.69 Å². The third kappa shape index (κ3) is 5.81. The van der Waals surface area contributed by atoms with E-state index in [0.29, 0.717) is 28.6 Å². The van der Waals surface area contributed by atoms with E-state index in [1.54, 1.807) is 17.8 Å². The van der Waals surface area contributed by atoms with Crippen molar-refractivity contribution in [3.8, 4) is 0 Å². The summed E-state index contributed by atoms with van der Waals surface area (Å²) in [5.41, 5.74) is 0.696. The van der Waals surface area contributed by atoms with E-state index >= 15 is 0 Å². The number of hydrogen-bond acceptors (Lipinski definition) is 4. The second-order valence-electron chi connectivity index (χ2n) is 5.45. The van der Waals surface area contributed by atoms with Gasteiger partial charge >= 0.3 is 0 Å². The summed E-state index contributed by atoms with van der Waals surface area (Å²) in [6.45, 7) is 0.466. The number of nitrogens with one attached hydrogen (secondary N) is 1. The molecule has 26 heavy (non-hydrogen) atoms. The van der Waals surface area contributed by atoms with Crippen LogP contribution in [0, 0.1) is 0 Å². The van der Waals surface area contributed by atoms with Crippen molar-refractivity contribution in [2.75, 3.05) is 29.9 Å². The summed E-state index contributed by atoms with van der Waals surface area (Å²) in [5.74, 6) is 0.389. The molecule has 0 atom stereocenters. The predicted octanol–water partition coefficient (Wildman–Crippen LogP) is 3.91. The Labute approximate surface area is 167 Å². The van der Waals surface area contributed by atoms with Gasteiger partial charge in [-0.25, -0.2) is 8.42 Å². The molecule has 0 saturated heterocycles. The number of anilines is 1. The lowest BCUT2D eigenvalue weighted by Gasteiger charge is -2.17. The third-order valence-electron chi connectivity index (χ3n) is 3.53. The summed E-state index contributed by atoms with van der Waals surface area (Å²) >= 11 is 13.6. The van der Waals surface area contributed by atoms with Gasteiger partial charge in [0.15, 0.2) is 0 Å². The van der Waals surface area contributed by atoms with Gasteiger partial charge in [-0.2, -0.15) is 0 Å². The van der Waals surface area contributed by atoms with Crippen LogP contribution in [0.5, 0.6) is 0 Å². The molecule has 9 heteroatoms. The highest BCUT2D eigenvalue weighted by molar-refractivity contribution is 7.99. The van der Waals surface area contributed by atoms with Crippen LogP contribution in [0.25, 0.3) is 0 Å². The highest BCUT2D eigenvalue weighted by Gasteiger charge is 2.16. The Morgan fingerprint density at radius 3 is 2.38 bits per heavy atom. The van der Waals surface area contributed by atoms with Gasteiger partial charge in [-0.15, -0.1) is 11.8 Å². The van der Waals surface area contributed by atoms with Crippen LogP contribution in [-0.2, 0) is 10.0 Å². The number of carbonyl (C=O) groups excluding carboxylic acids is 1. The predicted molar refractivity (Wildman–Crippen MR) is 109 cm³/mol. The second-order valence-corrected chi connectivity index (χ2v) is 9.48. The molecule has 0 spiro atoms. The van der Waals surface area contributed by atoms with Gasteiger partial charge in [0.25, 0.3) is 5.91 Å². The topological polar surface area (TPSA) is 66.5 Å². The molecule has 0 aliphatic heterocycles. The number of thioether (sulfide) groups is 1. The Balaban J connectivity index is 1.92. The minimum atomic E-state index is -3.39. The quantitative estimate of drug-likeness (QED) is 0.531. The summed E-state index contributed by atoms with van der Waals surface area (Å²) in [6.07, 6.45) is 1.10. The standard InChI is InChI=1S/C17H18Cl2N2O3S2/c1-21(26(2,23)24)13-5-8-15(16(19)11-13)17(22)20-9-10-25-14-6-3-12(18)4-7-14/h3-8,11H,9-10H2,1-2H3,(H,20,22). The summed E-state index contributed by atoms with van der Waals surface area (Å²) in [7, 11) is -1.96. The fourth-order valence-corrected chi connectivity index (χ4v) is 3.69. The lowest BCUT2D eigenvalue weighted by atomic mass is 10.2. The van der Waals surface area contributed by atoms with Gasteiger partial charge in [0.05, 0.1) is 22.5 Å². The zero-order valence-corrected chi connectivity index (χ0v) is 17.3. The number of sulfonamides is 1. The molecular formula is C17H18Cl2N2O3S2. The lowest BCUT2D eigenvalue weighted by Crippen LogP contribution is -2.27. The van der Waals surface area contributed by atoms with Crippen molar-refractivity contribution in [2.45, 2.75) is 4.90 Å². The van der Waals surface area contributed by atoms with Crippen LogP contribution in [0.3, 0.4) is 0 Å². The Kier molecular flexibility index (Phi) is 7.23. The molecule has 0 bridgehead atoms. The Morgan fingerprint density at radius 2 is 1.81 bits per heavy atom. The van der Waals surface area contributed by atoms with Crippen molar-refractivity contribution >= 4 is 56.6 Å². The number of rotatable bonds is 7. The van der Waals surface area contributed by atoms with Gasteiger partial charge < -0.3 is 5.32 Å². The first kappa shape index (κ1) is 20.9. The molecule has 0 aromatic heterocycles. The van der Waals surface area contributed by atoms with E-state index in [-0.39, 0.29) is 10.9 Å². The Bertz CT molecular complexity index is 887. The van der Waals surface area contributed by atoms with Gasteiger partial charge in [0.2, 0.25) is 10.0 Å². The van der Waals surface area contributed by atoms with E-state index < -0.39 is 10.0 Å². The minimum absolute atomic E-state index is 0.195. The summed E-state index contributed by atoms with van der Waals surface area (Å²) < 4.78 is 24.2. The number of carbonyl (C=O) groups is 1. The van der Waals surface area contributed by atoms with Crippen LogP contribution in [0.1, 0.15) is 10.4 Å². The molecule has 0 radical (unpaired) electrons. The molecule has 1 amide bonds. The van der Waals surface area contributed by atoms with Crippen molar-refractivity contribution in [3.05, 3.63) is 58.1 Å². The van der Waals surface area contributed by atoms with Crippen LogP contribution >= 0.6 is 35.0 Å². The average molecular weight is 433 g/mol. The van der Waals surface area contributed by atoms with Gasteiger partial charge in [-0.1, -0.05) is 23.2 Å². The van der Waals surface area contributed by atoms with E-state index in [0.717, 1.165) is 15.5 Å². The van der Waals surface area contributed by atoms with Gasteiger partial charge in [0, 0.05) is 29.3 Å². The average Bonchev–Trinajstić information content (AvgIpc) is 2.58. The zero-order valence-electron chi connectivity index (χ0n) is 14.2. The Hall–Kier alpha value is -1.41. The molecule has 5 nitrogen and oxygen atoms in total. The monoisotopic (exact) mass is 432 g/mol. The third-order valence-corrected chi connectivity index (χ3v) is 6.31. The molecule has 1 N–H and O–H groups in total. The van der Waals surface area contributed by atoms with E-state index in [9.17, 15) is 13.2 Å². The molecule has 0 aliphatic carbocycles. The first-order valence-corrected chi connectivity index (χ1v) is 11.2. The lowest BCUT2D eigenvalue weighted by molar-refractivity contribution is 0.0956. The molecule has 0 aliphatic rings. The molecule has 2 aromatic carbocycles. The van der Waals surface area contributed by atoms with Crippen LogP contribution < -0.4 is 9.62 Å². The second kappa shape index (κ2) is 8.99. The van der Waals surface area contributed by atoms with Crippen molar-refractivity contribution in [3.63, 3.8) is 0 Å². The van der Waals surface area contributed by atoms with Gasteiger partial charge in [0.1, 0.15) is 0 Å². The maximum absolute atomic E-state index is 12.2. The number of halogens is 2. The SMILES string of the molecule is CN(c1ccc(C(=O)NCCSc2ccc(Cl)cc2)c(Cl)c1)S(C)(=O)=O. The smallest absolute Gasteiger partial charge is 0.252 e. The van der Waals surface area contributed by atoms with Crippen molar-refractivity contribution in [1.29, 1.82) is 0 Å². The van der Waals surface area contributed by atoms with Crippen LogP contribution in [0.2, 0.25) is 10.0 Å². The first-order chi connectivity index (χ1) is 12.2. The summed E-state index contributed by atoms with van der Waals surface area (Å²) in [4.78, 5) is 13.3. The van der Waals surface area contributed by atoms with Crippen LogP contribution in [-0.4, -0.2) is 39.9 Å². The molecule has 140 valence electrons. The fourth-order valence-electron chi connectivity index (χ4n) is 2.04. The van der Waals surface area contributed by atoms with Crippen molar-refractivity contribution < 1.29 is 13.2 Å². The molecule has 2 rings (SSSR count). The highest BCUT2D eigenvalue weighted by Crippen LogP contribution is 2.24. The molecular weight excluding hydrogens is 415 g/mol. The molecule has 0 saturated carbocycles. The zero-order chi connectivity index (χ0) is 19.3. The number of amides is 1. The van der Waals surface area contributed by atoms with E-state index in [1.807, 2.05) is 24.3 Å². The van der Waals surface area contributed by atoms with E-state index in [1.165, 1.54) is 19.2 Å². The largest absolute Gasteiger partial charge is 0.351 e. The Morgan fingerprint density at radius 1 is 1.15 bits per heavy atom. The summed E-state index contributed by atoms with van der Waals surface area (Å²) in [5, 5.41) is 3.68. The number of hydrogen-bond donors (Lipinski definition) is 1. The van der Waals surface area contributed by atoms with Crippen molar-refractivity contribution in [1.82, 2.24) is 5.32 Å². The first-order valence-electron chi connectivity index (χ1n) is 7.58. The maximum Gasteiger partial charge on any atom is 0.252 e. The van der Waals surface area contributed by atoms with Gasteiger partial charge in [-0.05, 0) is 42.5 Å².